The number of carbonyl (C=O) groups is 3. The molecule has 0 unspecified atom stereocenters. The largest absolute Gasteiger partial charge is 0.337 e. The first-order valence-electron chi connectivity index (χ1n) is 11.2. The van der Waals surface area contributed by atoms with Crippen LogP contribution >= 0.6 is 0 Å². The van der Waals surface area contributed by atoms with Crippen LogP contribution < -0.4 is 5.32 Å². The Kier molecular flexibility index (Phi) is 4.97. The van der Waals surface area contributed by atoms with Crippen LogP contribution in [0, 0.1) is 6.92 Å². The predicted molar refractivity (Wildman–Crippen MR) is 129 cm³/mol. The predicted octanol–water partition coefficient (Wildman–Crippen LogP) is 5.56. The first kappa shape index (κ1) is 20.9. The Morgan fingerprint density at radius 1 is 0.848 bits per heavy atom. The molecule has 4 aromatic rings. The van der Waals surface area contributed by atoms with Gasteiger partial charge in [0.15, 0.2) is 11.6 Å². The zero-order chi connectivity index (χ0) is 23.3. The number of anilines is 1. The number of hydrogen-bond donors (Lipinski definition) is 1. The third-order valence-corrected chi connectivity index (χ3v) is 6.50. The maximum absolute atomic E-state index is 13.4. The highest BCUT2D eigenvalue weighted by molar-refractivity contribution is 6.28. The second-order valence-electron chi connectivity index (χ2n) is 8.34. The first-order chi connectivity index (χ1) is 15.9. The van der Waals surface area contributed by atoms with E-state index in [0.29, 0.717) is 40.2 Å². The van der Waals surface area contributed by atoms with Gasteiger partial charge in [-0.25, -0.2) is 0 Å². The van der Waals surface area contributed by atoms with E-state index in [2.05, 4.69) is 30.4 Å². The number of ketones is 2. The van der Waals surface area contributed by atoms with Crippen molar-refractivity contribution in [2.45, 2.75) is 33.7 Å². The number of amides is 1. The Labute approximate surface area is 192 Å². The van der Waals surface area contributed by atoms with Crippen LogP contribution in [0.2, 0.25) is 0 Å². The van der Waals surface area contributed by atoms with Crippen LogP contribution in [0.5, 0.6) is 0 Å². The number of benzene rings is 3. The van der Waals surface area contributed by atoms with E-state index in [1.54, 1.807) is 42.5 Å². The quantitative estimate of drug-likeness (QED) is 0.401. The van der Waals surface area contributed by atoms with Crippen molar-refractivity contribution < 1.29 is 14.4 Å². The lowest BCUT2D eigenvalue weighted by Gasteiger charge is -2.18. The van der Waals surface area contributed by atoms with Gasteiger partial charge in [0.1, 0.15) is 5.69 Å². The fourth-order valence-corrected chi connectivity index (χ4v) is 4.78. The van der Waals surface area contributed by atoms with Gasteiger partial charge in [0, 0.05) is 45.4 Å². The molecule has 5 heteroatoms. The molecule has 5 nitrogen and oxygen atoms in total. The maximum atomic E-state index is 13.4. The molecule has 1 amide bonds. The Morgan fingerprint density at radius 2 is 1.52 bits per heavy atom. The Morgan fingerprint density at radius 3 is 2.18 bits per heavy atom. The molecular weight excluding hydrogens is 412 g/mol. The third-order valence-electron chi connectivity index (χ3n) is 6.50. The second-order valence-corrected chi connectivity index (χ2v) is 8.34. The van der Waals surface area contributed by atoms with Crippen molar-refractivity contribution in [2.24, 2.45) is 0 Å². The number of fused-ring (bicyclic) bond motifs is 3. The van der Waals surface area contributed by atoms with E-state index in [1.807, 2.05) is 18.4 Å². The maximum Gasteiger partial charge on any atom is 0.272 e. The van der Waals surface area contributed by atoms with Crippen LogP contribution in [0.1, 0.15) is 67.3 Å². The van der Waals surface area contributed by atoms with Crippen LogP contribution in [-0.2, 0) is 13.0 Å². The minimum absolute atomic E-state index is 0.174. The van der Waals surface area contributed by atoms with Crippen molar-refractivity contribution in [1.29, 1.82) is 0 Å². The molecule has 1 N–H and O–H groups in total. The van der Waals surface area contributed by atoms with Gasteiger partial charge in [0.25, 0.3) is 5.91 Å². The molecule has 0 fully saturated rings. The van der Waals surface area contributed by atoms with Crippen LogP contribution in [0.3, 0.4) is 0 Å². The first-order valence-corrected chi connectivity index (χ1v) is 11.2. The summed E-state index contributed by atoms with van der Waals surface area (Å²) in [6.07, 6.45) is 0.930. The van der Waals surface area contributed by atoms with Gasteiger partial charge < -0.3 is 9.88 Å². The van der Waals surface area contributed by atoms with E-state index >= 15 is 0 Å². The second kappa shape index (κ2) is 7.85. The SMILES string of the molecule is CCc1ccc2c(c1)c(C)c(C(=O)Nc1ccc3c(c1)C(=O)c1ccccc1C3=O)n2CC. The summed E-state index contributed by atoms with van der Waals surface area (Å²) in [5.74, 6) is -0.618. The average molecular weight is 437 g/mol. The normalized spacial score (nSPS) is 12.6. The Hall–Kier alpha value is -3.99. The van der Waals surface area contributed by atoms with E-state index in [0.717, 1.165) is 22.9 Å². The average Bonchev–Trinajstić information content (AvgIpc) is 3.13. The fraction of sp³-hybridized carbons (Fsp3) is 0.179. The van der Waals surface area contributed by atoms with E-state index < -0.39 is 0 Å². The highest BCUT2D eigenvalue weighted by Gasteiger charge is 2.29. The highest BCUT2D eigenvalue weighted by Crippen LogP contribution is 2.31. The summed E-state index contributed by atoms with van der Waals surface area (Å²) >= 11 is 0. The van der Waals surface area contributed by atoms with Crippen molar-refractivity contribution in [3.05, 3.63) is 99.7 Å². The number of carbonyl (C=O) groups excluding carboxylic acids is 3. The summed E-state index contributed by atoms with van der Waals surface area (Å²) in [7, 11) is 0. The number of aromatic nitrogens is 1. The summed E-state index contributed by atoms with van der Waals surface area (Å²) in [5.41, 5.74) is 5.77. The van der Waals surface area contributed by atoms with Gasteiger partial charge in [-0.3, -0.25) is 14.4 Å². The van der Waals surface area contributed by atoms with Crippen molar-refractivity contribution >= 4 is 34.1 Å². The summed E-state index contributed by atoms with van der Waals surface area (Å²) in [6, 6.07) is 18.1. The molecule has 33 heavy (non-hydrogen) atoms. The van der Waals surface area contributed by atoms with Gasteiger partial charge in [-0.1, -0.05) is 37.3 Å². The van der Waals surface area contributed by atoms with Crippen LogP contribution in [0.25, 0.3) is 10.9 Å². The molecule has 1 heterocycles. The smallest absolute Gasteiger partial charge is 0.272 e. The van der Waals surface area contributed by atoms with Crippen LogP contribution in [-0.4, -0.2) is 22.0 Å². The number of nitrogens with zero attached hydrogens (tertiary/aromatic N) is 1. The number of hydrogen-bond acceptors (Lipinski definition) is 3. The monoisotopic (exact) mass is 436 g/mol. The standard InChI is InChI=1S/C28H24N2O3/c1-4-17-10-13-24-22(14-17)16(3)25(30(24)5-2)28(33)29-18-11-12-21-23(15-18)27(32)20-9-7-6-8-19(20)26(21)31/h6-15H,4-5H2,1-3H3,(H,29,33). The lowest BCUT2D eigenvalue weighted by atomic mass is 9.84. The molecule has 164 valence electrons. The van der Waals surface area contributed by atoms with Gasteiger partial charge in [0.2, 0.25) is 0 Å². The summed E-state index contributed by atoms with van der Waals surface area (Å²) in [5, 5.41) is 4.02. The third kappa shape index (κ3) is 3.20. The highest BCUT2D eigenvalue weighted by atomic mass is 16.2. The van der Waals surface area contributed by atoms with Crippen LogP contribution in [0.4, 0.5) is 5.69 Å². The molecule has 0 bridgehead atoms. The molecule has 0 radical (unpaired) electrons. The molecule has 5 rings (SSSR count). The Bertz CT molecular complexity index is 1480. The van der Waals surface area contributed by atoms with Gasteiger partial charge in [0.05, 0.1) is 0 Å². The van der Waals surface area contributed by atoms with E-state index in [1.165, 1.54) is 5.56 Å². The molecule has 1 aliphatic carbocycles. The number of rotatable bonds is 4. The topological polar surface area (TPSA) is 68.2 Å². The molecule has 1 aromatic heterocycles. The van der Waals surface area contributed by atoms with Gasteiger partial charge >= 0.3 is 0 Å². The van der Waals surface area contributed by atoms with E-state index in [9.17, 15) is 14.4 Å². The lowest BCUT2D eigenvalue weighted by molar-refractivity contribution is 0.0979. The minimum atomic E-state index is -0.237. The number of nitrogens with one attached hydrogen (secondary N) is 1. The summed E-state index contributed by atoms with van der Waals surface area (Å²) in [4.78, 5) is 39.2. The Balaban J connectivity index is 1.53. The molecule has 1 aliphatic rings. The molecule has 0 atom stereocenters. The molecule has 0 aliphatic heterocycles. The van der Waals surface area contributed by atoms with E-state index in [4.69, 9.17) is 0 Å². The zero-order valence-electron chi connectivity index (χ0n) is 18.9. The van der Waals surface area contributed by atoms with E-state index in [-0.39, 0.29) is 17.5 Å². The van der Waals surface area contributed by atoms with Gasteiger partial charge in [-0.15, -0.1) is 0 Å². The minimum Gasteiger partial charge on any atom is -0.337 e. The van der Waals surface area contributed by atoms with Crippen molar-refractivity contribution in [1.82, 2.24) is 4.57 Å². The molecular formula is C28H24N2O3. The fourth-order valence-electron chi connectivity index (χ4n) is 4.78. The zero-order valence-corrected chi connectivity index (χ0v) is 18.9. The summed E-state index contributed by atoms with van der Waals surface area (Å²) in [6.45, 7) is 6.76. The molecule has 0 spiro atoms. The van der Waals surface area contributed by atoms with Crippen molar-refractivity contribution in [3.63, 3.8) is 0 Å². The number of aryl methyl sites for hydroxylation is 3. The van der Waals surface area contributed by atoms with Crippen LogP contribution in [0.15, 0.2) is 60.7 Å². The molecule has 0 saturated carbocycles. The lowest BCUT2D eigenvalue weighted by Crippen LogP contribution is -2.22. The van der Waals surface area contributed by atoms with Gasteiger partial charge in [-0.2, -0.15) is 0 Å². The molecule has 0 saturated heterocycles. The molecule has 3 aromatic carbocycles. The van der Waals surface area contributed by atoms with Crippen molar-refractivity contribution in [2.75, 3.05) is 5.32 Å². The van der Waals surface area contributed by atoms with Crippen molar-refractivity contribution in [3.8, 4) is 0 Å². The summed E-state index contributed by atoms with van der Waals surface area (Å²) < 4.78 is 2.02. The van der Waals surface area contributed by atoms with Gasteiger partial charge in [-0.05, 0) is 61.7 Å².